The molecule has 0 unspecified atom stereocenters. The van der Waals surface area contributed by atoms with Gasteiger partial charge in [-0.15, -0.1) is 16.4 Å². The number of aromatic nitrogens is 2. The molecular formula is C39H21B5N2. The van der Waals surface area contributed by atoms with Gasteiger partial charge in [0, 0.05) is 11.3 Å². The molecular weight excluding hydrogens is 551 g/mol. The first-order valence-corrected chi connectivity index (χ1v) is 15.0. The third-order valence-electron chi connectivity index (χ3n) is 8.87. The lowest BCUT2D eigenvalue weighted by Gasteiger charge is -2.24. The molecule has 0 N–H and O–H groups in total. The highest BCUT2D eigenvalue weighted by atomic mass is 15.1. The molecule has 0 bridgehead atoms. The molecule has 7 aromatic carbocycles. The van der Waals surface area contributed by atoms with Gasteiger partial charge in [-0.25, -0.2) is 4.98 Å². The van der Waals surface area contributed by atoms with E-state index in [2.05, 4.69) is 97.1 Å². The number of hydrogen-bond acceptors (Lipinski definition) is 1. The normalized spacial score (nSPS) is 11.5. The first-order chi connectivity index (χ1) is 22.4. The molecule has 8 rings (SSSR count). The summed E-state index contributed by atoms with van der Waals surface area (Å²) in [6.45, 7) is 0. The average molecular weight is 572 g/mol. The van der Waals surface area contributed by atoms with E-state index in [4.69, 9.17) is 44.2 Å². The summed E-state index contributed by atoms with van der Waals surface area (Å²) in [6.07, 6.45) is 0. The van der Waals surface area contributed by atoms with Gasteiger partial charge in [-0.05, 0) is 62.0 Å². The molecule has 0 amide bonds. The number of rotatable bonds is 4. The predicted molar refractivity (Wildman–Crippen MR) is 199 cm³/mol. The molecule has 1 aromatic heterocycles. The second-order valence-electron chi connectivity index (χ2n) is 11.5. The summed E-state index contributed by atoms with van der Waals surface area (Å²) in [5, 5.41) is 4.26. The fraction of sp³-hybridized carbons (Fsp3) is 0. The number of imidazole rings is 1. The van der Waals surface area contributed by atoms with Crippen molar-refractivity contribution >= 4 is 99.1 Å². The van der Waals surface area contributed by atoms with Gasteiger partial charge in [0.1, 0.15) is 45.1 Å². The molecule has 10 radical (unpaired) electrons. The van der Waals surface area contributed by atoms with E-state index >= 15 is 0 Å². The zero-order valence-electron chi connectivity index (χ0n) is 24.9. The highest BCUT2D eigenvalue weighted by molar-refractivity contribution is 6.68. The molecule has 8 aromatic rings. The highest BCUT2D eigenvalue weighted by Gasteiger charge is 2.24. The van der Waals surface area contributed by atoms with E-state index in [0.29, 0.717) is 11.5 Å². The van der Waals surface area contributed by atoms with Crippen LogP contribution >= 0.6 is 0 Å². The van der Waals surface area contributed by atoms with Gasteiger partial charge in [0.05, 0.1) is 11.0 Å². The predicted octanol–water partition coefficient (Wildman–Crippen LogP) is 4.30. The first-order valence-electron chi connectivity index (χ1n) is 15.0. The van der Waals surface area contributed by atoms with Gasteiger partial charge in [0.2, 0.25) is 0 Å². The third kappa shape index (κ3) is 4.30. The van der Waals surface area contributed by atoms with Crippen molar-refractivity contribution in [2.45, 2.75) is 0 Å². The van der Waals surface area contributed by atoms with Crippen LogP contribution in [0, 0.1) is 0 Å². The van der Waals surface area contributed by atoms with Crippen LogP contribution in [-0.2, 0) is 0 Å². The van der Waals surface area contributed by atoms with Gasteiger partial charge in [0.25, 0.3) is 0 Å². The van der Waals surface area contributed by atoms with E-state index in [1.165, 1.54) is 5.56 Å². The van der Waals surface area contributed by atoms with E-state index in [-0.39, 0.29) is 27.3 Å². The van der Waals surface area contributed by atoms with E-state index in [1.807, 2.05) is 34.9 Å². The Kier molecular flexibility index (Phi) is 6.80. The number of hydrogen-bond donors (Lipinski definition) is 0. The van der Waals surface area contributed by atoms with Crippen LogP contribution in [0.1, 0.15) is 0 Å². The van der Waals surface area contributed by atoms with Crippen molar-refractivity contribution in [1.29, 1.82) is 0 Å². The summed E-state index contributed by atoms with van der Waals surface area (Å²) in [7, 11) is 32.3. The second-order valence-corrected chi connectivity index (χ2v) is 11.5. The topological polar surface area (TPSA) is 17.8 Å². The van der Waals surface area contributed by atoms with Crippen LogP contribution in [0.2, 0.25) is 0 Å². The van der Waals surface area contributed by atoms with Crippen molar-refractivity contribution in [2.75, 3.05) is 0 Å². The van der Waals surface area contributed by atoms with Gasteiger partial charge < -0.3 is 0 Å². The fourth-order valence-electron chi connectivity index (χ4n) is 6.66. The van der Waals surface area contributed by atoms with Crippen molar-refractivity contribution in [1.82, 2.24) is 9.55 Å². The molecule has 202 valence electrons. The minimum absolute atomic E-state index is 0.169. The largest absolute Gasteiger partial charge is 0.294 e. The second kappa shape index (κ2) is 11.0. The molecule has 0 fully saturated rings. The Morgan fingerprint density at radius 1 is 0.413 bits per heavy atom. The van der Waals surface area contributed by atoms with Crippen molar-refractivity contribution in [3.63, 3.8) is 0 Å². The van der Waals surface area contributed by atoms with E-state index in [1.54, 1.807) is 0 Å². The maximum Gasteiger partial charge on any atom is 0.146 e. The van der Waals surface area contributed by atoms with Crippen LogP contribution in [0.15, 0.2) is 127 Å². The van der Waals surface area contributed by atoms with Gasteiger partial charge in [-0.2, -0.15) is 0 Å². The van der Waals surface area contributed by atoms with E-state index in [0.717, 1.165) is 54.8 Å². The van der Waals surface area contributed by atoms with Gasteiger partial charge >= 0.3 is 0 Å². The molecule has 1 heterocycles. The Hall–Kier alpha value is -5.15. The lowest BCUT2D eigenvalue weighted by atomic mass is 9.61. The Labute approximate surface area is 274 Å². The summed E-state index contributed by atoms with van der Waals surface area (Å²) >= 11 is 0. The van der Waals surface area contributed by atoms with Crippen LogP contribution in [0.4, 0.5) is 0 Å². The maximum atomic E-state index is 6.68. The number of fused-ring (bicyclic) bond motifs is 3. The molecule has 0 atom stereocenters. The summed E-state index contributed by atoms with van der Waals surface area (Å²) in [5.74, 6) is 0.667. The molecule has 0 aliphatic carbocycles. The zero-order chi connectivity index (χ0) is 31.5. The van der Waals surface area contributed by atoms with Gasteiger partial charge in [-0.3, -0.25) is 4.57 Å². The molecule has 7 heteroatoms. The van der Waals surface area contributed by atoms with Crippen molar-refractivity contribution in [3.8, 4) is 39.3 Å². The lowest BCUT2D eigenvalue weighted by Crippen LogP contribution is -2.56. The van der Waals surface area contributed by atoms with E-state index in [9.17, 15) is 0 Å². The van der Waals surface area contributed by atoms with Crippen LogP contribution in [0.5, 0.6) is 0 Å². The summed E-state index contributed by atoms with van der Waals surface area (Å²) in [6, 6.07) is 43.9. The smallest absolute Gasteiger partial charge is 0.146 e. The molecule has 2 nitrogen and oxygen atoms in total. The minimum Gasteiger partial charge on any atom is -0.294 e. The van der Waals surface area contributed by atoms with Crippen LogP contribution < -0.4 is 27.3 Å². The lowest BCUT2D eigenvalue weighted by molar-refractivity contribution is 1.13. The SMILES string of the molecule is [B]c1c([B])c([B])c(-n2c(-c3c4ccccc4c(-c4cccc(-c5ccccc5)c4)c4ccccc34)nc3ccccc32)c([B])c1[B]. The molecule has 0 saturated heterocycles. The number of para-hydroxylation sites is 2. The third-order valence-corrected chi connectivity index (χ3v) is 8.87. The number of benzene rings is 7. The zero-order valence-corrected chi connectivity index (χ0v) is 24.9. The molecule has 0 aliphatic rings. The number of nitrogens with zero attached hydrogens (tertiary/aromatic N) is 2. The van der Waals surface area contributed by atoms with Crippen molar-refractivity contribution < 1.29 is 0 Å². The Balaban J connectivity index is 1.51. The molecule has 0 aliphatic heterocycles. The van der Waals surface area contributed by atoms with Gasteiger partial charge in [-0.1, -0.05) is 120 Å². The molecule has 0 saturated carbocycles. The van der Waals surface area contributed by atoms with Crippen LogP contribution in [0.3, 0.4) is 0 Å². The van der Waals surface area contributed by atoms with Gasteiger partial charge in [0.15, 0.2) is 0 Å². The van der Waals surface area contributed by atoms with Crippen molar-refractivity contribution in [3.05, 3.63) is 127 Å². The molecule has 46 heavy (non-hydrogen) atoms. The maximum absolute atomic E-state index is 6.68. The summed E-state index contributed by atoms with van der Waals surface area (Å²) < 4.78 is 1.97. The Morgan fingerprint density at radius 3 is 1.52 bits per heavy atom. The molecule has 0 spiro atoms. The average Bonchev–Trinajstić information content (AvgIpc) is 3.48. The van der Waals surface area contributed by atoms with Crippen LogP contribution in [-0.4, -0.2) is 48.8 Å². The quantitative estimate of drug-likeness (QED) is 0.228. The summed E-state index contributed by atoms with van der Waals surface area (Å²) in [5.41, 5.74) is 8.63. The standard InChI is InChI=1S/C39H21B5N2/c40-33-34(41)36(43)38(37(44)35(33)42)46-30-20-9-8-19-29(30)45-39(46)32-27-17-6-4-15-25(27)31(26-16-5-7-18-28(26)32)24-14-10-13-23(21-24)22-11-2-1-3-12-22/h1-21H. The fourth-order valence-corrected chi connectivity index (χ4v) is 6.66. The Bertz CT molecular complexity index is 2400. The Morgan fingerprint density at radius 2 is 0.891 bits per heavy atom. The van der Waals surface area contributed by atoms with Crippen LogP contribution in [0.25, 0.3) is 71.9 Å². The summed E-state index contributed by atoms with van der Waals surface area (Å²) in [4.78, 5) is 5.22. The van der Waals surface area contributed by atoms with Crippen molar-refractivity contribution in [2.24, 2.45) is 0 Å². The first kappa shape index (κ1) is 28.3. The minimum atomic E-state index is 0.169. The highest BCUT2D eigenvalue weighted by Crippen LogP contribution is 2.44. The monoisotopic (exact) mass is 572 g/mol. The van der Waals surface area contributed by atoms with E-state index < -0.39 is 0 Å².